The van der Waals surface area contributed by atoms with Gasteiger partial charge in [0.1, 0.15) is 11.5 Å². The zero-order valence-electron chi connectivity index (χ0n) is 11.0. The molecule has 2 N–H and O–H groups in total. The van der Waals surface area contributed by atoms with Gasteiger partial charge in [-0.1, -0.05) is 13.3 Å². The fourth-order valence-corrected chi connectivity index (χ4v) is 2.16. The highest BCUT2D eigenvalue weighted by Gasteiger charge is 2.41. The zero-order valence-corrected chi connectivity index (χ0v) is 11.0. The molecule has 1 aliphatic rings. The lowest BCUT2D eigenvalue weighted by molar-refractivity contribution is 0.0938. The van der Waals surface area contributed by atoms with Gasteiger partial charge >= 0.3 is 0 Å². The molecule has 0 bridgehead atoms. The van der Waals surface area contributed by atoms with Gasteiger partial charge in [0.2, 0.25) is 0 Å². The van der Waals surface area contributed by atoms with Gasteiger partial charge < -0.3 is 10.6 Å². The average Bonchev–Trinajstić information content (AvgIpc) is 3.17. The number of nitrogens with zero attached hydrogens (tertiary/aromatic N) is 2. The molecule has 0 radical (unpaired) electrons. The molecule has 0 atom stereocenters. The van der Waals surface area contributed by atoms with E-state index in [1.807, 2.05) is 0 Å². The number of carbonyl (C=O) groups excluding carboxylic acids is 1. The Morgan fingerprint density at radius 1 is 1.39 bits per heavy atom. The maximum absolute atomic E-state index is 11.9. The molecule has 18 heavy (non-hydrogen) atoms. The van der Waals surface area contributed by atoms with Gasteiger partial charge in [-0.2, -0.15) is 0 Å². The molecule has 1 heterocycles. The number of amides is 1. The number of anilines is 1. The number of hydrogen-bond acceptors (Lipinski definition) is 4. The van der Waals surface area contributed by atoms with Crippen LogP contribution in [-0.4, -0.2) is 29.5 Å². The molecule has 2 rings (SSSR count). The van der Waals surface area contributed by atoms with Crippen LogP contribution < -0.4 is 10.6 Å². The number of rotatable bonds is 6. The van der Waals surface area contributed by atoms with Crippen molar-refractivity contribution in [2.24, 2.45) is 5.41 Å². The maximum Gasteiger partial charge on any atom is 0.271 e. The summed E-state index contributed by atoms with van der Waals surface area (Å²) in [7, 11) is 1.77. The van der Waals surface area contributed by atoms with Gasteiger partial charge in [-0.3, -0.25) is 4.79 Å². The summed E-state index contributed by atoms with van der Waals surface area (Å²) in [6, 6.07) is 0. The van der Waals surface area contributed by atoms with E-state index in [1.54, 1.807) is 13.2 Å². The van der Waals surface area contributed by atoms with Gasteiger partial charge in [0.05, 0.1) is 12.4 Å². The highest BCUT2D eigenvalue weighted by atomic mass is 16.1. The van der Waals surface area contributed by atoms with E-state index in [9.17, 15) is 4.79 Å². The fourth-order valence-electron chi connectivity index (χ4n) is 2.16. The highest BCUT2D eigenvalue weighted by Crippen LogP contribution is 2.48. The quantitative estimate of drug-likeness (QED) is 0.806. The van der Waals surface area contributed by atoms with Gasteiger partial charge in [0.25, 0.3) is 5.91 Å². The minimum absolute atomic E-state index is 0.132. The summed E-state index contributed by atoms with van der Waals surface area (Å²) in [5.41, 5.74) is 0.740. The Hall–Kier alpha value is -1.65. The Morgan fingerprint density at radius 2 is 2.17 bits per heavy atom. The van der Waals surface area contributed by atoms with Crippen LogP contribution in [0.1, 0.15) is 43.1 Å². The zero-order chi connectivity index (χ0) is 13.0. The number of nitrogens with one attached hydrogen (secondary N) is 2. The first-order valence-electron chi connectivity index (χ1n) is 6.47. The molecule has 0 aromatic carbocycles. The van der Waals surface area contributed by atoms with Gasteiger partial charge in [0, 0.05) is 13.6 Å². The molecule has 1 fully saturated rings. The predicted octanol–water partition coefficient (Wildman–Crippen LogP) is 1.83. The van der Waals surface area contributed by atoms with Crippen molar-refractivity contribution in [1.29, 1.82) is 0 Å². The van der Waals surface area contributed by atoms with Crippen molar-refractivity contribution in [2.75, 3.05) is 18.9 Å². The lowest BCUT2D eigenvalue weighted by Gasteiger charge is -2.14. The van der Waals surface area contributed by atoms with Crippen molar-refractivity contribution in [3.8, 4) is 0 Å². The van der Waals surface area contributed by atoms with Gasteiger partial charge in [-0.05, 0) is 24.7 Å². The van der Waals surface area contributed by atoms with E-state index in [4.69, 9.17) is 0 Å². The monoisotopic (exact) mass is 248 g/mol. The van der Waals surface area contributed by atoms with E-state index in [1.165, 1.54) is 31.9 Å². The number of carbonyl (C=O) groups is 1. The Balaban J connectivity index is 1.87. The third-order valence-electron chi connectivity index (χ3n) is 3.50. The van der Waals surface area contributed by atoms with Crippen molar-refractivity contribution in [1.82, 2.24) is 15.3 Å². The van der Waals surface area contributed by atoms with E-state index in [0.29, 0.717) is 16.9 Å². The molecule has 1 aliphatic carbocycles. The molecule has 1 saturated carbocycles. The lowest BCUT2D eigenvalue weighted by Crippen LogP contribution is -2.30. The molecule has 1 aromatic heterocycles. The van der Waals surface area contributed by atoms with Crippen LogP contribution in [0.25, 0.3) is 0 Å². The third kappa shape index (κ3) is 2.97. The SMILES string of the molecule is CCCC1(CNC(=O)c2cnc(NC)cn2)CC1. The second-order valence-electron chi connectivity index (χ2n) is 4.97. The highest BCUT2D eigenvalue weighted by molar-refractivity contribution is 5.92. The smallest absolute Gasteiger partial charge is 0.271 e. The summed E-state index contributed by atoms with van der Waals surface area (Å²) in [6.45, 7) is 2.94. The van der Waals surface area contributed by atoms with E-state index < -0.39 is 0 Å². The summed E-state index contributed by atoms with van der Waals surface area (Å²) in [6.07, 6.45) is 7.88. The number of aromatic nitrogens is 2. The van der Waals surface area contributed by atoms with Crippen LogP contribution in [0.5, 0.6) is 0 Å². The maximum atomic E-state index is 11.9. The Bertz CT molecular complexity index is 412. The Kier molecular flexibility index (Phi) is 3.79. The lowest BCUT2D eigenvalue weighted by atomic mass is 10.0. The van der Waals surface area contributed by atoms with Crippen molar-refractivity contribution in [3.63, 3.8) is 0 Å². The molecule has 5 heteroatoms. The fraction of sp³-hybridized carbons (Fsp3) is 0.615. The standard InChI is InChI=1S/C13H20N4O/c1-3-4-13(5-6-13)9-17-12(18)10-7-16-11(14-2)8-15-10/h7-8H,3-6,9H2,1-2H3,(H,14,16)(H,17,18). The van der Waals surface area contributed by atoms with E-state index in [-0.39, 0.29) is 5.91 Å². The summed E-state index contributed by atoms with van der Waals surface area (Å²) in [5, 5.41) is 5.83. The van der Waals surface area contributed by atoms with Crippen LogP contribution in [0.15, 0.2) is 12.4 Å². The molecule has 0 aliphatic heterocycles. The Labute approximate surface area is 107 Å². The minimum atomic E-state index is -0.132. The van der Waals surface area contributed by atoms with Crippen molar-refractivity contribution >= 4 is 11.7 Å². The second-order valence-corrected chi connectivity index (χ2v) is 4.97. The van der Waals surface area contributed by atoms with E-state index in [0.717, 1.165) is 6.54 Å². The molecule has 5 nitrogen and oxygen atoms in total. The first-order valence-corrected chi connectivity index (χ1v) is 6.47. The Morgan fingerprint density at radius 3 is 2.67 bits per heavy atom. The normalized spacial score (nSPS) is 16.1. The van der Waals surface area contributed by atoms with Gasteiger partial charge in [-0.25, -0.2) is 9.97 Å². The van der Waals surface area contributed by atoms with Crippen LogP contribution in [0.2, 0.25) is 0 Å². The van der Waals surface area contributed by atoms with Crippen molar-refractivity contribution in [3.05, 3.63) is 18.1 Å². The van der Waals surface area contributed by atoms with Gasteiger partial charge in [0.15, 0.2) is 0 Å². The van der Waals surface area contributed by atoms with Crippen LogP contribution in [-0.2, 0) is 0 Å². The molecular formula is C13H20N4O. The predicted molar refractivity (Wildman–Crippen MR) is 70.5 cm³/mol. The summed E-state index contributed by atoms with van der Waals surface area (Å²) in [4.78, 5) is 20.0. The molecule has 1 amide bonds. The van der Waals surface area contributed by atoms with Crippen LogP contribution >= 0.6 is 0 Å². The number of hydrogen-bond donors (Lipinski definition) is 2. The average molecular weight is 248 g/mol. The summed E-state index contributed by atoms with van der Waals surface area (Å²) >= 11 is 0. The van der Waals surface area contributed by atoms with Gasteiger partial charge in [-0.15, -0.1) is 0 Å². The van der Waals surface area contributed by atoms with Crippen molar-refractivity contribution < 1.29 is 4.79 Å². The molecule has 0 unspecified atom stereocenters. The summed E-state index contributed by atoms with van der Waals surface area (Å²) in [5.74, 6) is 0.531. The second kappa shape index (κ2) is 5.33. The summed E-state index contributed by atoms with van der Waals surface area (Å²) < 4.78 is 0. The van der Waals surface area contributed by atoms with E-state index >= 15 is 0 Å². The van der Waals surface area contributed by atoms with Crippen molar-refractivity contribution in [2.45, 2.75) is 32.6 Å². The van der Waals surface area contributed by atoms with Crippen LogP contribution in [0.3, 0.4) is 0 Å². The third-order valence-corrected chi connectivity index (χ3v) is 3.50. The van der Waals surface area contributed by atoms with E-state index in [2.05, 4.69) is 27.5 Å². The van der Waals surface area contributed by atoms with Crippen LogP contribution in [0.4, 0.5) is 5.82 Å². The molecule has 0 saturated heterocycles. The molecule has 0 spiro atoms. The largest absolute Gasteiger partial charge is 0.372 e. The molecule has 98 valence electrons. The minimum Gasteiger partial charge on any atom is -0.372 e. The topological polar surface area (TPSA) is 66.9 Å². The first kappa shape index (κ1) is 12.8. The first-order chi connectivity index (χ1) is 8.69. The van der Waals surface area contributed by atoms with Crippen LogP contribution in [0, 0.1) is 5.41 Å². The molecule has 1 aromatic rings. The molecular weight excluding hydrogens is 228 g/mol.